The fourth-order valence-corrected chi connectivity index (χ4v) is 3.44. The molecule has 0 aliphatic carbocycles. The summed E-state index contributed by atoms with van der Waals surface area (Å²) in [5.74, 6) is -2.15. The Bertz CT molecular complexity index is 1140. The lowest BCUT2D eigenvalue weighted by Crippen LogP contribution is -2.55. The number of aliphatic imine (C=N–C) groups is 1. The number of carbonyl (C=O) groups is 4. The Morgan fingerprint density at radius 3 is 1.95 bits per heavy atom. The molecule has 0 bridgehead atoms. The average Bonchev–Trinajstić information content (AvgIpc) is 3.00. The number of phenolic OH excluding ortho intramolecular Hbond substituents is 1. The lowest BCUT2D eigenvalue weighted by atomic mass is 10.0. The molecule has 244 valence electrons. The molecule has 4 amide bonds. The number of aryl methyl sites for hydroxylation is 1. The highest BCUT2D eigenvalue weighted by molar-refractivity contribution is 5.93. The van der Waals surface area contributed by atoms with Crippen LogP contribution in [-0.4, -0.2) is 73.0 Å². The topological polar surface area (TPSA) is 267 Å². The number of carbonyl (C=O) groups excluding carboxylic acids is 4. The van der Waals surface area contributed by atoms with Crippen molar-refractivity contribution < 1.29 is 24.3 Å². The van der Waals surface area contributed by atoms with Gasteiger partial charge in [0.15, 0.2) is 5.96 Å². The van der Waals surface area contributed by atoms with Crippen LogP contribution in [0.5, 0.6) is 5.75 Å². The van der Waals surface area contributed by atoms with Gasteiger partial charge < -0.3 is 49.7 Å². The zero-order valence-corrected chi connectivity index (χ0v) is 25.6. The number of nitrogens with one attached hydrogen (secondary N) is 3. The quantitative estimate of drug-likeness (QED) is 0.0692. The van der Waals surface area contributed by atoms with E-state index in [4.69, 9.17) is 28.7 Å². The summed E-state index contributed by atoms with van der Waals surface area (Å²) in [6, 6.07) is 14.5. The molecule has 0 radical (unpaired) electrons. The molecular formula is C30H49N9O5. The van der Waals surface area contributed by atoms with E-state index < -0.39 is 35.7 Å². The molecule has 0 saturated carbocycles. The number of unbranched alkanes of at least 4 members (excludes halogenated alkanes) is 1. The van der Waals surface area contributed by atoms with E-state index in [1.165, 1.54) is 17.7 Å². The van der Waals surface area contributed by atoms with E-state index in [0.29, 0.717) is 31.4 Å². The number of phenols is 1. The van der Waals surface area contributed by atoms with Gasteiger partial charge in [-0.15, -0.1) is 0 Å². The second kappa shape index (κ2) is 23.8. The molecule has 0 aromatic heterocycles. The third kappa shape index (κ3) is 20.2. The van der Waals surface area contributed by atoms with Crippen molar-refractivity contribution in [1.29, 1.82) is 0 Å². The third-order valence-corrected chi connectivity index (χ3v) is 5.69. The van der Waals surface area contributed by atoms with Crippen molar-refractivity contribution in [2.75, 3.05) is 26.2 Å². The van der Waals surface area contributed by atoms with Crippen LogP contribution in [0.25, 0.3) is 0 Å². The summed E-state index contributed by atoms with van der Waals surface area (Å²) in [6.45, 7) is 4.61. The van der Waals surface area contributed by atoms with E-state index in [1.807, 2.05) is 25.1 Å². The van der Waals surface area contributed by atoms with Crippen molar-refractivity contribution in [3.8, 4) is 5.75 Å². The van der Waals surface area contributed by atoms with Crippen molar-refractivity contribution in [3.05, 3.63) is 65.7 Å². The number of primary amides is 1. The monoisotopic (exact) mass is 615 g/mol. The van der Waals surface area contributed by atoms with Crippen molar-refractivity contribution in [2.24, 2.45) is 33.7 Å². The van der Waals surface area contributed by atoms with E-state index in [9.17, 15) is 24.3 Å². The molecule has 44 heavy (non-hydrogen) atoms. The Morgan fingerprint density at radius 2 is 1.50 bits per heavy atom. The molecule has 0 aliphatic heterocycles. The SMILES string of the molecule is CCCN=C(N)N.Cc1ccccc1.NCCCCC(NC(=O)[C@H](Cc1ccc(O)cc1)NC(=O)CN)C(=O)NCC(N)=O. The highest BCUT2D eigenvalue weighted by atomic mass is 16.3. The molecule has 0 aliphatic rings. The van der Waals surface area contributed by atoms with E-state index in [1.54, 1.807) is 12.1 Å². The Morgan fingerprint density at radius 1 is 0.864 bits per heavy atom. The number of rotatable bonds is 15. The Kier molecular flexibility index (Phi) is 21.3. The van der Waals surface area contributed by atoms with Crippen molar-refractivity contribution >= 4 is 29.6 Å². The second-order valence-electron chi connectivity index (χ2n) is 9.69. The molecule has 2 rings (SSSR count). The number of amides is 4. The average molecular weight is 616 g/mol. The van der Waals surface area contributed by atoms with Gasteiger partial charge in [0.25, 0.3) is 0 Å². The molecule has 14 N–H and O–H groups in total. The van der Waals surface area contributed by atoms with Crippen LogP contribution in [-0.2, 0) is 25.6 Å². The summed E-state index contributed by atoms with van der Waals surface area (Å²) in [5.41, 5.74) is 27.9. The largest absolute Gasteiger partial charge is 0.508 e. The van der Waals surface area contributed by atoms with E-state index in [2.05, 4.69) is 40.0 Å². The molecule has 1 unspecified atom stereocenters. The molecule has 14 heteroatoms. The molecular weight excluding hydrogens is 566 g/mol. The number of nitrogens with zero attached hydrogens (tertiary/aromatic N) is 1. The predicted octanol–water partition coefficient (Wildman–Crippen LogP) is -0.742. The standard InChI is InChI=1S/C19H30N6O5.C7H8.C4H11N3/c20-8-2-1-3-14(18(29)23-11-16(22)27)25-19(30)15(24-17(28)10-21)9-12-4-6-13(26)7-5-12;1-7-5-3-2-4-6-7;1-2-3-7-4(5)6/h4-7,14-15,26H,1-3,8-11,20-21H2,(H2,22,27)(H,23,29)(H,24,28)(H,25,30);2-6H,1H3;2-3H2,1H3,(H4,5,6,7)/t14?,15-;;/m0../s1. The van der Waals surface area contributed by atoms with Gasteiger partial charge in [0.05, 0.1) is 13.1 Å². The summed E-state index contributed by atoms with van der Waals surface area (Å²) in [5, 5.41) is 16.9. The van der Waals surface area contributed by atoms with E-state index in [0.717, 1.165) is 13.0 Å². The van der Waals surface area contributed by atoms with Crippen LogP contribution in [0.1, 0.15) is 43.7 Å². The number of hydrogen-bond acceptors (Lipinski definition) is 8. The first-order valence-corrected chi connectivity index (χ1v) is 14.3. The van der Waals surface area contributed by atoms with Gasteiger partial charge in [0.1, 0.15) is 17.8 Å². The minimum absolute atomic E-state index is 0.0665. The summed E-state index contributed by atoms with van der Waals surface area (Å²) < 4.78 is 0. The van der Waals surface area contributed by atoms with Gasteiger partial charge in [-0.1, -0.05) is 55.0 Å². The summed E-state index contributed by atoms with van der Waals surface area (Å²) >= 11 is 0. The highest BCUT2D eigenvalue weighted by Crippen LogP contribution is 2.12. The number of aromatic hydroxyl groups is 1. The fourth-order valence-electron chi connectivity index (χ4n) is 3.44. The second-order valence-corrected chi connectivity index (χ2v) is 9.69. The smallest absolute Gasteiger partial charge is 0.243 e. The van der Waals surface area contributed by atoms with Crippen LogP contribution in [0.3, 0.4) is 0 Å². The van der Waals surface area contributed by atoms with Crippen molar-refractivity contribution in [1.82, 2.24) is 16.0 Å². The molecule has 2 aromatic carbocycles. The van der Waals surface area contributed by atoms with Gasteiger partial charge in [-0.2, -0.15) is 0 Å². The van der Waals surface area contributed by atoms with E-state index in [-0.39, 0.29) is 31.2 Å². The van der Waals surface area contributed by atoms with E-state index >= 15 is 0 Å². The molecule has 0 saturated heterocycles. The zero-order chi connectivity index (χ0) is 33.3. The van der Waals surface area contributed by atoms with Gasteiger partial charge in [-0.05, 0) is 56.8 Å². The minimum Gasteiger partial charge on any atom is -0.508 e. The van der Waals surface area contributed by atoms with Gasteiger partial charge in [0, 0.05) is 13.0 Å². The number of hydrogen-bond donors (Lipinski definition) is 9. The van der Waals surface area contributed by atoms with Crippen LogP contribution in [0.4, 0.5) is 0 Å². The summed E-state index contributed by atoms with van der Waals surface area (Å²) in [6.07, 6.45) is 2.64. The maximum atomic E-state index is 12.8. The lowest BCUT2D eigenvalue weighted by molar-refractivity contribution is -0.132. The van der Waals surface area contributed by atoms with Gasteiger partial charge in [-0.3, -0.25) is 24.2 Å². The zero-order valence-electron chi connectivity index (χ0n) is 25.6. The van der Waals surface area contributed by atoms with Gasteiger partial charge >= 0.3 is 0 Å². The third-order valence-electron chi connectivity index (χ3n) is 5.69. The first kappa shape index (κ1) is 39.3. The molecule has 14 nitrogen and oxygen atoms in total. The summed E-state index contributed by atoms with van der Waals surface area (Å²) in [4.78, 5) is 51.6. The van der Waals surface area contributed by atoms with Crippen LogP contribution in [0.2, 0.25) is 0 Å². The fraction of sp³-hybridized carbons (Fsp3) is 0.433. The van der Waals surface area contributed by atoms with Crippen LogP contribution in [0, 0.1) is 6.92 Å². The van der Waals surface area contributed by atoms with Gasteiger partial charge in [0.2, 0.25) is 23.6 Å². The molecule has 2 aromatic rings. The Hall–Kier alpha value is -4.69. The number of benzene rings is 2. The molecule has 0 spiro atoms. The van der Waals surface area contributed by atoms with Gasteiger partial charge in [-0.25, -0.2) is 0 Å². The van der Waals surface area contributed by atoms with Crippen LogP contribution >= 0.6 is 0 Å². The lowest BCUT2D eigenvalue weighted by Gasteiger charge is -2.23. The molecule has 0 fully saturated rings. The molecule has 2 atom stereocenters. The van der Waals surface area contributed by atoms with Crippen LogP contribution < -0.4 is 44.6 Å². The predicted molar refractivity (Wildman–Crippen MR) is 172 cm³/mol. The maximum absolute atomic E-state index is 12.8. The maximum Gasteiger partial charge on any atom is 0.243 e. The Labute approximate surface area is 259 Å². The summed E-state index contributed by atoms with van der Waals surface area (Å²) in [7, 11) is 0. The molecule has 0 heterocycles. The normalized spacial score (nSPS) is 11.2. The minimum atomic E-state index is -0.994. The van der Waals surface area contributed by atoms with Crippen molar-refractivity contribution in [2.45, 2.75) is 58.0 Å². The van der Waals surface area contributed by atoms with Crippen molar-refractivity contribution in [3.63, 3.8) is 0 Å². The first-order chi connectivity index (χ1) is 20.9. The Balaban J connectivity index is 0.00000107. The number of guanidine groups is 1. The number of nitrogens with two attached hydrogens (primary N) is 5. The van der Waals surface area contributed by atoms with Crippen LogP contribution in [0.15, 0.2) is 59.6 Å². The first-order valence-electron chi connectivity index (χ1n) is 14.3. The highest BCUT2D eigenvalue weighted by Gasteiger charge is 2.26.